The summed E-state index contributed by atoms with van der Waals surface area (Å²) in [6, 6.07) is 9.37. The summed E-state index contributed by atoms with van der Waals surface area (Å²) in [4.78, 5) is 20.6. The Labute approximate surface area is 134 Å². The quantitative estimate of drug-likeness (QED) is 0.578. The van der Waals surface area contributed by atoms with Crippen molar-refractivity contribution >= 4 is 5.97 Å². The Bertz CT molecular complexity index is 686. The van der Waals surface area contributed by atoms with Crippen molar-refractivity contribution in [3.8, 4) is 11.8 Å². The Hall–Kier alpha value is -2.89. The summed E-state index contributed by atoms with van der Waals surface area (Å²) in [7, 11) is 1.42. The number of carbonyl (C=O) groups excluding carboxylic acids is 1. The number of nitrogens with zero attached hydrogens (tertiary/aromatic N) is 2. The summed E-state index contributed by atoms with van der Waals surface area (Å²) in [5.74, 6) is 0.0622. The van der Waals surface area contributed by atoms with Crippen LogP contribution in [0.25, 0.3) is 0 Å². The minimum Gasteiger partial charge on any atom is -0.480 e. The molecule has 0 bridgehead atoms. The lowest BCUT2D eigenvalue weighted by Gasteiger charge is -2.12. The zero-order chi connectivity index (χ0) is 16.7. The fraction of sp³-hybridized carbons (Fsp3) is 0.235. The SMILES string of the molecule is C=CCOc1nc(C)nc(OC)c1C(=O)OCc1ccccc1. The smallest absolute Gasteiger partial charge is 0.349 e. The number of methoxy groups -OCH3 is 1. The number of hydrogen-bond donors (Lipinski definition) is 0. The highest BCUT2D eigenvalue weighted by Crippen LogP contribution is 2.26. The molecule has 0 atom stereocenters. The largest absolute Gasteiger partial charge is 0.480 e. The molecular formula is C17H18N2O4. The molecule has 0 aliphatic heterocycles. The molecule has 0 saturated carbocycles. The zero-order valence-corrected chi connectivity index (χ0v) is 13.1. The molecular weight excluding hydrogens is 296 g/mol. The van der Waals surface area contributed by atoms with Crippen LogP contribution in [0.15, 0.2) is 43.0 Å². The highest BCUT2D eigenvalue weighted by atomic mass is 16.5. The molecule has 23 heavy (non-hydrogen) atoms. The molecule has 2 aromatic rings. The molecule has 0 fully saturated rings. The van der Waals surface area contributed by atoms with Crippen molar-refractivity contribution in [2.24, 2.45) is 0 Å². The Morgan fingerprint density at radius 1 is 1.22 bits per heavy atom. The van der Waals surface area contributed by atoms with E-state index in [0.29, 0.717) is 5.82 Å². The monoisotopic (exact) mass is 314 g/mol. The highest BCUT2D eigenvalue weighted by molar-refractivity contribution is 5.94. The van der Waals surface area contributed by atoms with Crippen LogP contribution < -0.4 is 9.47 Å². The maximum Gasteiger partial charge on any atom is 0.349 e. The molecule has 0 amide bonds. The molecule has 0 spiro atoms. The van der Waals surface area contributed by atoms with Gasteiger partial charge in [-0.25, -0.2) is 4.79 Å². The van der Waals surface area contributed by atoms with Crippen molar-refractivity contribution in [1.82, 2.24) is 9.97 Å². The summed E-state index contributed by atoms with van der Waals surface area (Å²) >= 11 is 0. The number of benzene rings is 1. The second kappa shape index (κ2) is 7.93. The first-order valence-electron chi connectivity index (χ1n) is 7.03. The minimum atomic E-state index is -0.607. The zero-order valence-electron chi connectivity index (χ0n) is 13.1. The summed E-state index contributed by atoms with van der Waals surface area (Å²) in [6.07, 6.45) is 1.56. The molecule has 1 heterocycles. The summed E-state index contributed by atoms with van der Waals surface area (Å²) < 4.78 is 15.9. The second-order valence-corrected chi connectivity index (χ2v) is 4.62. The van der Waals surface area contributed by atoms with E-state index in [1.165, 1.54) is 7.11 Å². The van der Waals surface area contributed by atoms with Gasteiger partial charge in [-0.05, 0) is 12.5 Å². The molecule has 2 rings (SSSR count). The van der Waals surface area contributed by atoms with Crippen LogP contribution in [0.3, 0.4) is 0 Å². The molecule has 0 unspecified atom stereocenters. The van der Waals surface area contributed by atoms with Crippen LogP contribution >= 0.6 is 0 Å². The van der Waals surface area contributed by atoms with Gasteiger partial charge in [0.25, 0.3) is 0 Å². The van der Waals surface area contributed by atoms with Gasteiger partial charge < -0.3 is 14.2 Å². The number of ether oxygens (including phenoxy) is 3. The molecule has 0 aliphatic carbocycles. The predicted octanol–water partition coefficient (Wildman–Crippen LogP) is 2.72. The van der Waals surface area contributed by atoms with E-state index in [-0.39, 0.29) is 30.5 Å². The Morgan fingerprint density at radius 3 is 2.57 bits per heavy atom. The lowest BCUT2D eigenvalue weighted by Crippen LogP contribution is -2.13. The summed E-state index contributed by atoms with van der Waals surface area (Å²) in [5, 5.41) is 0. The lowest BCUT2D eigenvalue weighted by atomic mass is 10.2. The van der Waals surface area contributed by atoms with Crippen LogP contribution in [0.2, 0.25) is 0 Å². The fourth-order valence-corrected chi connectivity index (χ4v) is 1.88. The van der Waals surface area contributed by atoms with Crippen molar-refractivity contribution in [2.45, 2.75) is 13.5 Å². The van der Waals surface area contributed by atoms with Crippen LogP contribution in [-0.2, 0) is 11.3 Å². The summed E-state index contributed by atoms with van der Waals surface area (Å²) in [5.41, 5.74) is 0.942. The third-order valence-corrected chi connectivity index (χ3v) is 2.90. The van der Waals surface area contributed by atoms with E-state index in [9.17, 15) is 4.79 Å². The lowest BCUT2D eigenvalue weighted by molar-refractivity contribution is 0.0462. The molecule has 0 N–H and O–H groups in total. The van der Waals surface area contributed by atoms with Crippen LogP contribution in [-0.4, -0.2) is 29.7 Å². The van der Waals surface area contributed by atoms with Crippen molar-refractivity contribution in [1.29, 1.82) is 0 Å². The first-order chi connectivity index (χ1) is 11.2. The van der Waals surface area contributed by atoms with Gasteiger partial charge in [-0.3, -0.25) is 0 Å². The topological polar surface area (TPSA) is 70.5 Å². The number of carbonyl (C=O) groups is 1. The molecule has 1 aromatic heterocycles. The van der Waals surface area contributed by atoms with Crippen LogP contribution in [0, 0.1) is 6.92 Å². The Balaban J connectivity index is 2.24. The summed E-state index contributed by atoms with van der Waals surface area (Å²) in [6.45, 7) is 5.60. The van der Waals surface area contributed by atoms with Gasteiger partial charge in [0, 0.05) is 0 Å². The van der Waals surface area contributed by atoms with Crippen molar-refractivity contribution in [3.63, 3.8) is 0 Å². The Morgan fingerprint density at radius 2 is 1.91 bits per heavy atom. The second-order valence-electron chi connectivity index (χ2n) is 4.62. The molecule has 0 saturated heterocycles. The predicted molar refractivity (Wildman–Crippen MR) is 84.6 cm³/mol. The van der Waals surface area contributed by atoms with E-state index >= 15 is 0 Å². The van der Waals surface area contributed by atoms with Gasteiger partial charge in [-0.15, -0.1) is 0 Å². The van der Waals surface area contributed by atoms with Gasteiger partial charge in [-0.1, -0.05) is 43.0 Å². The van der Waals surface area contributed by atoms with Crippen LogP contribution in [0.5, 0.6) is 11.8 Å². The maximum absolute atomic E-state index is 12.4. The van der Waals surface area contributed by atoms with E-state index in [0.717, 1.165) is 5.56 Å². The van der Waals surface area contributed by atoms with E-state index in [1.54, 1.807) is 13.0 Å². The van der Waals surface area contributed by atoms with E-state index < -0.39 is 5.97 Å². The third kappa shape index (κ3) is 4.29. The maximum atomic E-state index is 12.4. The van der Waals surface area contributed by atoms with Crippen LogP contribution in [0.1, 0.15) is 21.7 Å². The van der Waals surface area contributed by atoms with Gasteiger partial charge in [0.05, 0.1) is 7.11 Å². The van der Waals surface area contributed by atoms with Gasteiger partial charge in [0.15, 0.2) is 5.56 Å². The van der Waals surface area contributed by atoms with Gasteiger partial charge >= 0.3 is 5.97 Å². The number of hydrogen-bond acceptors (Lipinski definition) is 6. The fourth-order valence-electron chi connectivity index (χ4n) is 1.88. The number of aryl methyl sites for hydroxylation is 1. The average Bonchev–Trinajstić information content (AvgIpc) is 2.58. The van der Waals surface area contributed by atoms with Gasteiger partial charge in [-0.2, -0.15) is 9.97 Å². The first kappa shape index (κ1) is 16.5. The number of rotatable bonds is 7. The molecule has 6 nitrogen and oxygen atoms in total. The van der Waals surface area contributed by atoms with E-state index in [2.05, 4.69) is 16.5 Å². The van der Waals surface area contributed by atoms with Crippen LogP contribution in [0.4, 0.5) is 0 Å². The standard InChI is InChI=1S/C17H18N2O4/c1-4-10-22-16-14(15(21-3)18-12(2)19-16)17(20)23-11-13-8-6-5-7-9-13/h4-9H,1,10-11H2,2-3H3. The van der Waals surface area contributed by atoms with E-state index in [1.807, 2.05) is 30.3 Å². The minimum absolute atomic E-state index is 0.0656. The van der Waals surface area contributed by atoms with Crippen molar-refractivity contribution in [2.75, 3.05) is 13.7 Å². The molecule has 6 heteroatoms. The normalized spacial score (nSPS) is 10.0. The molecule has 120 valence electrons. The molecule has 0 aliphatic rings. The van der Waals surface area contributed by atoms with Gasteiger partial charge in [0.1, 0.15) is 19.0 Å². The van der Waals surface area contributed by atoms with E-state index in [4.69, 9.17) is 14.2 Å². The van der Waals surface area contributed by atoms with Crippen molar-refractivity contribution < 1.29 is 19.0 Å². The molecule has 1 aromatic carbocycles. The third-order valence-electron chi connectivity index (χ3n) is 2.90. The average molecular weight is 314 g/mol. The molecule has 0 radical (unpaired) electrons. The van der Waals surface area contributed by atoms with Crippen molar-refractivity contribution in [3.05, 3.63) is 59.9 Å². The first-order valence-corrected chi connectivity index (χ1v) is 7.03. The highest BCUT2D eigenvalue weighted by Gasteiger charge is 2.24. The number of aromatic nitrogens is 2. The van der Waals surface area contributed by atoms with Gasteiger partial charge in [0.2, 0.25) is 11.8 Å². The Kier molecular flexibility index (Phi) is 5.68. The number of esters is 1.